The molecule has 0 heterocycles. The van der Waals surface area contributed by atoms with E-state index in [4.69, 9.17) is 14.2 Å². The van der Waals surface area contributed by atoms with Crippen molar-refractivity contribution in [2.75, 3.05) is 34.0 Å². The highest BCUT2D eigenvalue weighted by atomic mass is 16.6. The summed E-state index contributed by atoms with van der Waals surface area (Å²) in [5.41, 5.74) is 0. The van der Waals surface area contributed by atoms with Crippen molar-refractivity contribution < 1.29 is 14.2 Å². The van der Waals surface area contributed by atoms with Crippen molar-refractivity contribution in [1.82, 2.24) is 5.32 Å². The molecule has 1 aliphatic rings. The third kappa shape index (κ3) is 2.92. The standard InChI is InChI=1S/C10H21NO3/c1-4-11-8-7-9(13-3)10(8)14-6-5-12-2/h8-11H,4-7H2,1-3H3. The molecule has 1 N–H and O–H groups in total. The average molecular weight is 203 g/mol. The fourth-order valence-corrected chi connectivity index (χ4v) is 1.76. The molecular weight excluding hydrogens is 182 g/mol. The normalized spacial score (nSPS) is 31.5. The summed E-state index contributed by atoms with van der Waals surface area (Å²) >= 11 is 0. The van der Waals surface area contributed by atoms with Gasteiger partial charge in [0.15, 0.2) is 0 Å². The lowest BCUT2D eigenvalue weighted by Gasteiger charge is -2.43. The Bertz CT molecular complexity index is 154. The van der Waals surface area contributed by atoms with Gasteiger partial charge >= 0.3 is 0 Å². The van der Waals surface area contributed by atoms with Crippen molar-refractivity contribution in [2.45, 2.75) is 31.6 Å². The van der Waals surface area contributed by atoms with Crippen LogP contribution >= 0.6 is 0 Å². The summed E-state index contributed by atoms with van der Waals surface area (Å²) < 4.78 is 15.9. The van der Waals surface area contributed by atoms with E-state index in [0.29, 0.717) is 19.3 Å². The summed E-state index contributed by atoms with van der Waals surface area (Å²) in [7, 11) is 3.42. The Balaban J connectivity index is 2.21. The summed E-state index contributed by atoms with van der Waals surface area (Å²) in [4.78, 5) is 0. The Morgan fingerprint density at radius 1 is 1.29 bits per heavy atom. The number of rotatable bonds is 7. The lowest BCUT2D eigenvalue weighted by atomic mass is 9.85. The zero-order chi connectivity index (χ0) is 10.4. The van der Waals surface area contributed by atoms with E-state index in [2.05, 4.69) is 12.2 Å². The van der Waals surface area contributed by atoms with Crippen LogP contribution in [0.1, 0.15) is 13.3 Å². The maximum Gasteiger partial charge on any atom is 0.0991 e. The molecule has 0 bridgehead atoms. The Labute approximate surface area is 85.9 Å². The zero-order valence-electron chi connectivity index (χ0n) is 9.29. The number of hydrogen-bond donors (Lipinski definition) is 1. The third-order valence-electron chi connectivity index (χ3n) is 2.62. The molecule has 0 amide bonds. The molecule has 14 heavy (non-hydrogen) atoms. The second kappa shape index (κ2) is 6.35. The molecule has 1 rings (SSSR count). The fourth-order valence-electron chi connectivity index (χ4n) is 1.76. The van der Waals surface area contributed by atoms with Gasteiger partial charge in [0.25, 0.3) is 0 Å². The van der Waals surface area contributed by atoms with Gasteiger partial charge in [-0.3, -0.25) is 0 Å². The van der Waals surface area contributed by atoms with Gasteiger partial charge in [0, 0.05) is 20.3 Å². The lowest BCUT2D eigenvalue weighted by Crippen LogP contribution is -2.60. The molecule has 84 valence electrons. The molecule has 0 aromatic carbocycles. The second-order valence-corrected chi connectivity index (χ2v) is 3.50. The summed E-state index contributed by atoms with van der Waals surface area (Å²) in [6, 6.07) is 0.446. The highest BCUT2D eigenvalue weighted by Gasteiger charge is 2.41. The number of hydrogen-bond acceptors (Lipinski definition) is 4. The third-order valence-corrected chi connectivity index (χ3v) is 2.62. The van der Waals surface area contributed by atoms with E-state index in [1.807, 2.05) is 0 Å². The predicted molar refractivity (Wildman–Crippen MR) is 54.5 cm³/mol. The van der Waals surface area contributed by atoms with Gasteiger partial charge in [-0.1, -0.05) is 6.92 Å². The van der Waals surface area contributed by atoms with E-state index < -0.39 is 0 Å². The van der Waals surface area contributed by atoms with E-state index in [1.54, 1.807) is 14.2 Å². The van der Waals surface area contributed by atoms with Gasteiger partial charge in [0.2, 0.25) is 0 Å². The van der Waals surface area contributed by atoms with Crippen LogP contribution in [0.3, 0.4) is 0 Å². The van der Waals surface area contributed by atoms with E-state index in [-0.39, 0.29) is 12.2 Å². The topological polar surface area (TPSA) is 39.7 Å². The SMILES string of the molecule is CCNC1CC(OC)C1OCCOC. The summed E-state index contributed by atoms with van der Waals surface area (Å²) in [6.07, 6.45) is 1.48. The first-order chi connectivity index (χ1) is 6.83. The highest BCUT2D eigenvalue weighted by Crippen LogP contribution is 2.26. The Kier molecular flexibility index (Phi) is 5.40. The van der Waals surface area contributed by atoms with Crippen LogP contribution in [0.5, 0.6) is 0 Å². The van der Waals surface area contributed by atoms with Crippen molar-refractivity contribution in [3.63, 3.8) is 0 Å². The van der Waals surface area contributed by atoms with Gasteiger partial charge in [-0.15, -0.1) is 0 Å². The van der Waals surface area contributed by atoms with Crippen LogP contribution in [0, 0.1) is 0 Å². The molecule has 0 spiro atoms. The minimum Gasteiger partial charge on any atom is -0.382 e. The summed E-state index contributed by atoms with van der Waals surface area (Å²) in [6.45, 7) is 4.37. The Hall–Kier alpha value is -0.160. The minimum atomic E-state index is 0.190. The maximum absolute atomic E-state index is 5.67. The van der Waals surface area contributed by atoms with Crippen LogP contribution in [0.25, 0.3) is 0 Å². The number of ether oxygens (including phenoxy) is 3. The number of methoxy groups -OCH3 is 2. The minimum absolute atomic E-state index is 0.190. The quantitative estimate of drug-likeness (QED) is 0.609. The van der Waals surface area contributed by atoms with Gasteiger partial charge in [-0.05, 0) is 13.0 Å². The monoisotopic (exact) mass is 203 g/mol. The molecule has 0 saturated heterocycles. The molecule has 4 nitrogen and oxygen atoms in total. The van der Waals surface area contributed by atoms with Gasteiger partial charge in [-0.25, -0.2) is 0 Å². The highest BCUT2D eigenvalue weighted by molar-refractivity contribution is 4.96. The van der Waals surface area contributed by atoms with Crippen molar-refractivity contribution >= 4 is 0 Å². The van der Waals surface area contributed by atoms with Crippen LogP contribution in [0.15, 0.2) is 0 Å². The van der Waals surface area contributed by atoms with Crippen molar-refractivity contribution in [3.05, 3.63) is 0 Å². The molecule has 1 fully saturated rings. The molecule has 3 atom stereocenters. The first-order valence-electron chi connectivity index (χ1n) is 5.20. The van der Waals surface area contributed by atoms with E-state index in [9.17, 15) is 0 Å². The van der Waals surface area contributed by atoms with Crippen molar-refractivity contribution in [3.8, 4) is 0 Å². The predicted octanol–water partition coefficient (Wildman–Crippen LogP) is 0.415. The summed E-state index contributed by atoms with van der Waals surface area (Å²) in [5.74, 6) is 0. The van der Waals surface area contributed by atoms with Gasteiger partial charge < -0.3 is 19.5 Å². The molecule has 0 radical (unpaired) electrons. The first kappa shape index (κ1) is 11.9. The zero-order valence-corrected chi connectivity index (χ0v) is 9.29. The second-order valence-electron chi connectivity index (χ2n) is 3.50. The Morgan fingerprint density at radius 2 is 2.07 bits per heavy atom. The van der Waals surface area contributed by atoms with Crippen LogP contribution in [-0.2, 0) is 14.2 Å². The number of likely N-dealkylation sites (N-methyl/N-ethyl adjacent to an activating group) is 1. The molecule has 3 unspecified atom stereocenters. The van der Waals surface area contributed by atoms with Crippen LogP contribution in [-0.4, -0.2) is 52.2 Å². The van der Waals surface area contributed by atoms with Crippen LogP contribution < -0.4 is 5.32 Å². The molecule has 0 aromatic rings. The largest absolute Gasteiger partial charge is 0.382 e. The van der Waals surface area contributed by atoms with Gasteiger partial charge in [0.1, 0.15) is 0 Å². The van der Waals surface area contributed by atoms with Gasteiger partial charge in [-0.2, -0.15) is 0 Å². The molecular formula is C10H21NO3. The van der Waals surface area contributed by atoms with Crippen molar-refractivity contribution in [1.29, 1.82) is 0 Å². The van der Waals surface area contributed by atoms with E-state index >= 15 is 0 Å². The first-order valence-corrected chi connectivity index (χ1v) is 5.20. The van der Waals surface area contributed by atoms with Crippen LogP contribution in [0.4, 0.5) is 0 Å². The van der Waals surface area contributed by atoms with E-state index in [1.165, 1.54) is 0 Å². The smallest absolute Gasteiger partial charge is 0.0991 e. The van der Waals surface area contributed by atoms with Gasteiger partial charge in [0.05, 0.1) is 25.4 Å². The van der Waals surface area contributed by atoms with Crippen molar-refractivity contribution in [2.24, 2.45) is 0 Å². The van der Waals surface area contributed by atoms with Crippen LogP contribution in [0.2, 0.25) is 0 Å². The lowest BCUT2D eigenvalue weighted by molar-refractivity contribution is -0.139. The average Bonchev–Trinajstić information content (AvgIpc) is 2.18. The molecule has 4 heteroatoms. The Morgan fingerprint density at radius 3 is 2.64 bits per heavy atom. The molecule has 0 aromatic heterocycles. The molecule has 1 saturated carbocycles. The maximum atomic E-state index is 5.67. The fraction of sp³-hybridized carbons (Fsp3) is 1.00. The molecule has 1 aliphatic carbocycles. The summed E-state index contributed by atoms with van der Waals surface area (Å²) in [5, 5.41) is 3.38. The molecule has 0 aliphatic heterocycles. The number of nitrogens with one attached hydrogen (secondary N) is 1. The van der Waals surface area contributed by atoms with E-state index in [0.717, 1.165) is 13.0 Å².